The standard InChI is InChI=1S/C9H10N2.2C2H6/c1-3-10-9-7-5-6-8-11(9)4-2;2*1-2/h3-8H,1-2H2;2*1-2H3. The smallest absolute Gasteiger partial charge is 0.136 e. The van der Waals surface area contributed by atoms with Crippen molar-refractivity contribution in [1.29, 1.82) is 0 Å². The lowest BCUT2D eigenvalue weighted by Gasteiger charge is -1.96. The van der Waals surface area contributed by atoms with Gasteiger partial charge in [0.25, 0.3) is 0 Å². The van der Waals surface area contributed by atoms with Crippen LogP contribution in [0.1, 0.15) is 27.7 Å². The van der Waals surface area contributed by atoms with E-state index < -0.39 is 0 Å². The SMILES string of the molecule is C=CN=c1ccccn1C=C.CC.CC. The van der Waals surface area contributed by atoms with Gasteiger partial charge in [-0.05, 0) is 12.1 Å². The number of hydrogen-bond acceptors (Lipinski definition) is 1. The number of pyridine rings is 1. The molecule has 0 bridgehead atoms. The molecule has 0 spiro atoms. The van der Waals surface area contributed by atoms with E-state index in [4.69, 9.17) is 0 Å². The summed E-state index contributed by atoms with van der Waals surface area (Å²) in [5, 5.41) is 0. The quantitative estimate of drug-likeness (QED) is 0.702. The van der Waals surface area contributed by atoms with Gasteiger partial charge in [-0.2, -0.15) is 0 Å². The molecule has 0 aromatic carbocycles. The van der Waals surface area contributed by atoms with Crippen LogP contribution in [0, 0.1) is 0 Å². The van der Waals surface area contributed by atoms with Crippen molar-refractivity contribution in [3.8, 4) is 0 Å². The molecular formula is C13H22N2. The Morgan fingerprint density at radius 2 is 1.73 bits per heavy atom. The van der Waals surface area contributed by atoms with Crippen LogP contribution < -0.4 is 5.49 Å². The highest BCUT2D eigenvalue weighted by molar-refractivity contribution is 5.16. The van der Waals surface area contributed by atoms with Gasteiger partial charge in [-0.15, -0.1) is 0 Å². The van der Waals surface area contributed by atoms with E-state index >= 15 is 0 Å². The van der Waals surface area contributed by atoms with Crippen LogP contribution in [0.25, 0.3) is 6.20 Å². The summed E-state index contributed by atoms with van der Waals surface area (Å²) in [4.78, 5) is 4.03. The fraction of sp³-hybridized carbons (Fsp3) is 0.308. The highest BCUT2D eigenvalue weighted by Crippen LogP contribution is 1.81. The third-order valence-electron chi connectivity index (χ3n) is 1.29. The van der Waals surface area contributed by atoms with Crippen molar-refractivity contribution in [1.82, 2.24) is 4.57 Å². The predicted molar refractivity (Wildman–Crippen MR) is 69.3 cm³/mol. The van der Waals surface area contributed by atoms with Crippen molar-refractivity contribution < 1.29 is 0 Å². The van der Waals surface area contributed by atoms with Crippen LogP contribution in [0.5, 0.6) is 0 Å². The van der Waals surface area contributed by atoms with E-state index in [1.807, 2.05) is 56.7 Å². The highest BCUT2D eigenvalue weighted by Gasteiger charge is 1.81. The van der Waals surface area contributed by atoms with Crippen molar-refractivity contribution in [2.75, 3.05) is 0 Å². The van der Waals surface area contributed by atoms with Crippen molar-refractivity contribution >= 4 is 6.20 Å². The molecule has 0 saturated carbocycles. The van der Waals surface area contributed by atoms with Gasteiger partial charge in [0, 0.05) is 18.6 Å². The van der Waals surface area contributed by atoms with E-state index in [0.717, 1.165) is 5.49 Å². The molecule has 0 amide bonds. The maximum absolute atomic E-state index is 4.03. The van der Waals surface area contributed by atoms with Gasteiger partial charge < -0.3 is 4.57 Å². The summed E-state index contributed by atoms with van der Waals surface area (Å²) in [6.07, 6.45) is 5.09. The average Bonchev–Trinajstić information content (AvgIpc) is 2.35. The molecule has 1 aromatic rings. The maximum atomic E-state index is 4.03. The predicted octanol–water partition coefficient (Wildman–Crippen LogP) is 3.69. The maximum Gasteiger partial charge on any atom is 0.136 e. The topological polar surface area (TPSA) is 17.3 Å². The number of rotatable bonds is 2. The summed E-state index contributed by atoms with van der Waals surface area (Å²) in [5.74, 6) is 0. The number of nitrogens with zero attached hydrogens (tertiary/aromatic N) is 2. The van der Waals surface area contributed by atoms with Gasteiger partial charge in [-0.3, -0.25) is 0 Å². The number of aromatic nitrogens is 1. The van der Waals surface area contributed by atoms with Gasteiger partial charge in [0.1, 0.15) is 5.49 Å². The molecule has 0 unspecified atom stereocenters. The molecule has 2 nitrogen and oxygen atoms in total. The minimum atomic E-state index is 0.831. The summed E-state index contributed by atoms with van der Waals surface area (Å²) in [5.41, 5.74) is 0.831. The van der Waals surface area contributed by atoms with Gasteiger partial charge in [0.05, 0.1) is 0 Å². The van der Waals surface area contributed by atoms with Crippen LogP contribution in [0.15, 0.2) is 48.7 Å². The minimum Gasteiger partial charge on any atom is -0.309 e. The van der Waals surface area contributed by atoms with E-state index in [0.29, 0.717) is 0 Å². The second kappa shape index (κ2) is 12.4. The summed E-state index contributed by atoms with van der Waals surface area (Å²) in [6, 6.07) is 5.73. The lowest BCUT2D eigenvalue weighted by atomic mass is 10.5. The Balaban J connectivity index is 0. The van der Waals surface area contributed by atoms with Crippen LogP contribution in [0.2, 0.25) is 0 Å². The van der Waals surface area contributed by atoms with Crippen LogP contribution in [-0.2, 0) is 0 Å². The van der Waals surface area contributed by atoms with Crippen LogP contribution in [0.4, 0.5) is 0 Å². The van der Waals surface area contributed by atoms with E-state index in [1.54, 1.807) is 6.20 Å². The Labute approximate surface area is 93.3 Å². The first-order valence-corrected chi connectivity index (χ1v) is 5.33. The first-order valence-electron chi connectivity index (χ1n) is 5.33. The minimum absolute atomic E-state index is 0.831. The van der Waals surface area contributed by atoms with Crippen LogP contribution in [0.3, 0.4) is 0 Å². The molecule has 2 heteroatoms. The molecule has 0 fully saturated rings. The number of hydrogen-bond donors (Lipinski definition) is 0. The summed E-state index contributed by atoms with van der Waals surface area (Å²) >= 11 is 0. The zero-order valence-corrected chi connectivity index (χ0v) is 10.3. The Morgan fingerprint density at radius 3 is 2.20 bits per heavy atom. The van der Waals surface area contributed by atoms with Crippen LogP contribution in [-0.4, -0.2) is 4.57 Å². The molecule has 1 aromatic heterocycles. The summed E-state index contributed by atoms with van der Waals surface area (Å²) in [7, 11) is 0. The van der Waals surface area contributed by atoms with E-state index in [-0.39, 0.29) is 0 Å². The summed E-state index contributed by atoms with van der Waals surface area (Å²) in [6.45, 7) is 15.2. The molecule has 0 N–H and O–H groups in total. The molecule has 1 heterocycles. The van der Waals surface area contributed by atoms with Gasteiger partial charge in [-0.1, -0.05) is 46.9 Å². The van der Waals surface area contributed by atoms with Gasteiger partial charge in [0.15, 0.2) is 0 Å². The molecule has 0 aliphatic carbocycles. The Morgan fingerprint density at radius 1 is 1.13 bits per heavy atom. The normalized spacial score (nSPS) is 8.93. The van der Waals surface area contributed by atoms with Gasteiger partial charge >= 0.3 is 0 Å². The Bertz CT molecular complexity index is 321. The molecule has 0 radical (unpaired) electrons. The Kier molecular flexibility index (Phi) is 13.2. The third-order valence-corrected chi connectivity index (χ3v) is 1.29. The lowest BCUT2D eigenvalue weighted by Crippen LogP contribution is -2.13. The molecule has 1 rings (SSSR count). The van der Waals surface area contributed by atoms with Crippen LogP contribution >= 0.6 is 0 Å². The molecular weight excluding hydrogens is 184 g/mol. The molecule has 0 saturated heterocycles. The third kappa shape index (κ3) is 6.49. The average molecular weight is 206 g/mol. The van der Waals surface area contributed by atoms with E-state index in [2.05, 4.69) is 18.2 Å². The monoisotopic (exact) mass is 206 g/mol. The molecule has 0 atom stereocenters. The molecule has 0 aliphatic heterocycles. The molecule has 0 aliphatic rings. The van der Waals surface area contributed by atoms with E-state index in [1.165, 1.54) is 6.20 Å². The highest BCUT2D eigenvalue weighted by atomic mass is 15.0. The molecule has 15 heavy (non-hydrogen) atoms. The zero-order chi connectivity index (χ0) is 12.1. The first-order chi connectivity index (χ1) is 7.38. The van der Waals surface area contributed by atoms with Gasteiger partial charge in [0.2, 0.25) is 0 Å². The van der Waals surface area contributed by atoms with Crippen molar-refractivity contribution in [2.24, 2.45) is 4.99 Å². The van der Waals surface area contributed by atoms with Crippen molar-refractivity contribution in [3.05, 3.63) is 49.2 Å². The lowest BCUT2D eigenvalue weighted by molar-refractivity contribution is 1.01. The van der Waals surface area contributed by atoms with E-state index in [9.17, 15) is 0 Å². The fourth-order valence-corrected chi connectivity index (χ4v) is 0.804. The summed E-state index contributed by atoms with van der Waals surface area (Å²) < 4.78 is 1.82. The zero-order valence-electron chi connectivity index (χ0n) is 10.3. The largest absolute Gasteiger partial charge is 0.309 e. The second-order valence-corrected chi connectivity index (χ2v) is 1.96. The van der Waals surface area contributed by atoms with Gasteiger partial charge in [-0.25, -0.2) is 4.99 Å². The fourth-order valence-electron chi connectivity index (χ4n) is 0.804. The van der Waals surface area contributed by atoms with Crippen molar-refractivity contribution in [3.63, 3.8) is 0 Å². The Hall–Kier alpha value is -1.57. The van der Waals surface area contributed by atoms with Crippen molar-refractivity contribution in [2.45, 2.75) is 27.7 Å². The second-order valence-electron chi connectivity index (χ2n) is 1.96. The first kappa shape index (κ1) is 15.9. The molecule has 84 valence electrons.